The fourth-order valence-corrected chi connectivity index (χ4v) is 3.03. The largest absolute Gasteiger partial charge is 0.497 e. The third kappa shape index (κ3) is 5.45. The first-order chi connectivity index (χ1) is 14.0. The lowest BCUT2D eigenvalue weighted by Gasteiger charge is -2.11. The van der Waals surface area contributed by atoms with E-state index < -0.39 is 0 Å². The van der Waals surface area contributed by atoms with Crippen LogP contribution >= 0.6 is 12.2 Å². The van der Waals surface area contributed by atoms with Gasteiger partial charge in [0.15, 0.2) is 10.6 Å². The molecule has 2 aromatic carbocycles. The van der Waals surface area contributed by atoms with Crippen molar-refractivity contribution in [1.29, 1.82) is 0 Å². The van der Waals surface area contributed by atoms with E-state index in [1.165, 1.54) is 0 Å². The van der Waals surface area contributed by atoms with Crippen molar-refractivity contribution in [2.45, 2.75) is 32.9 Å². The van der Waals surface area contributed by atoms with Crippen LogP contribution in [0.3, 0.4) is 0 Å². The van der Waals surface area contributed by atoms with Gasteiger partial charge in [0, 0.05) is 24.2 Å². The van der Waals surface area contributed by atoms with Crippen molar-refractivity contribution in [3.8, 4) is 22.9 Å². The molecule has 0 radical (unpaired) electrons. The minimum absolute atomic E-state index is 0.105. The fraction of sp³-hybridized carbons (Fsp3) is 0.286. The fourth-order valence-electron chi connectivity index (χ4n) is 2.81. The summed E-state index contributed by atoms with van der Waals surface area (Å²) >= 11 is 5.33. The normalized spacial score (nSPS) is 10.8. The van der Waals surface area contributed by atoms with Crippen molar-refractivity contribution >= 4 is 23.8 Å². The third-order valence-electron chi connectivity index (χ3n) is 4.18. The highest BCUT2D eigenvalue weighted by Gasteiger charge is 2.11. The predicted octanol–water partition coefficient (Wildman–Crippen LogP) is 4.43. The Morgan fingerprint density at radius 2 is 1.79 bits per heavy atom. The van der Waals surface area contributed by atoms with Crippen LogP contribution in [-0.4, -0.2) is 33.9 Å². The smallest absolute Gasteiger partial charge is 0.226 e. The van der Waals surface area contributed by atoms with Gasteiger partial charge in [0.2, 0.25) is 5.91 Å². The summed E-state index contributed by atoms with van der Waals surface area (Å²) in [5, 5.41) is 9.98. The number of amides is 1. The van der Waals surface area contributed by atoms with E-state index in [1.807, 2.05) is 66.9 Å². The summed E-state index contributed by atoms with van der Waals surface area (Å²) in [4.78, 5) is 12.4. The van der Waals surface area contributed by atoms with Gasteiger partial charge >= 0.3 is 0 Å². The molecule has 1 heterocycles. The lowest BCUT2D eigenvalue weighted by molar-refractivity contribution is -0.116. The number of aromatic nitrogens is 3. The molecule has 0 aliphatic carbocycles. The molecule has 152 valence electrons. The third-order valence-corrected chi connectivity index (χ3v) is 4.49. The van der Waals surface area contributed by atoms with Crippen molar-refractivity contribution in [2.24, 2.45) is 0 Å². The van der Waals surface area contributed by atoms with Gasteiger partial charge in [0.1, 0.15) is 11.5 Å². The number of nitrogens with one attached hydrogen (secondary N) is 2. The standard InChI is InChI=1S/C21H24N4O3S/c1-14(2)28-18-10-6-16(7-11-18)22-19(26)12-13-25-20(23-24-21(25)29)15-4-8-17(27-3)9-5-15/h4-11,14H,12-13H2,1-3H3,(H,22,26)(H,24,29). The minimum Gasteiger partial charge on any atom is -0.497 e. The zero-order valence-corrected chi connectivity index (χ0v) is 17.5. The SMILES string of the molecule is COc1ccc(-c2n[nH]c(=S)n2CCC(=O)Nc2ccc(OC(C)C)cc2)cc1. The number of rotatable bonds is 8. The van der Waals surface area contributed by atoms with Crippen LogP contribution in [0.1, 0.15) is 20.3 Å². The molecule has 3 rings (SSSR count). The molecule has 0 bridgehead atoms. The Morgan fingerprint density at radius 1 is 1.14 bits per heavy atom. The van der Waals surface area contributed by atoms with E-state index in [0.717, 1.165) is 22.7 Å². The highest BCUT2D eigenvalue weighted by Crippen LogP contribution is 2.21. The Bertz CT molecular complexity index is 1010. The number of nitrogens with zero attached hydrogens (tertiary/aromatic N) is 2. The zero-order chi connectivity index (χ0) is 20.8. The molecule has 0 spiro atoms. The van der Waals surface area contributed by atoms with Gasteiger partial charge in [-0.3, -0.25) is 14.5 Å². The molecule has 0 saturated carbocycles. The molecule has 1 aromatic heterocycles. The first-order valence-electron chi connectivity index (χ1n) is 9.32. The number of carbonyl (C=O) groups is 1. The van der Waals surface area contributed by atoms with Crippen LogP contribution in [0, 0.1) is 4.77 Å². The van der Waals surface area contributed by atoms with Gasteiger partial charge in [0.05, 0.1) is 13.2 Å². The van der Waals surface area contributed by atoms with Crippen LogP contribution < -0.4 is 14.8 Å². The monoisotopic (exact) mass is 412 g/mol. The first-order valence-corrected chi connectivity index (χ1v) is 9.73. The van der Waals surface area contributed by atoms with Gasteiger partial charge in [0.25, 0.3) is 0 Å². The Morgan fingerprint density at radius 3 is 2.41 bits per heavy atom. The number of ether oxygens (including phenoxy) is 2. The number of anilines is 1. The van der Waals surface area contributed by atoms with Crippen molar-refractivity contribution in [1.82, 2.24) is 14.8 Å². The Hall–Kier alpha value is -3.13. The lowest BCUT2D eigenvalue weighted by Crippen LogP contribution is -2.15. The molecule has 0 fully saturated rings. The van der Waals surface area contributed by atoms with E-state index in [0.29, 0.717) is 17.1 Å². The molecule has 2 N–H and O–H groups in total. The second-order valence-corrected chi connectivity index (χ2v) is 7.11. The van der Waals surface area contributed by atoms with Crippen LogP contribution in [-0.2, 0) is 11.3 Å². The topological polar surface area (TPSA) is 81.2 Å². The lowest BCUT2D eigenvalue weighted by atomic mass is 10.2. The summed E-state index contributed by atoms with van der Waals surface area (Å²) < 4.78 is 13.1. The van der Waals surface area contributed by atoms with Gasteiger partial charge < -0.3 is 14.8 Å². The number of carbonyl (C=O) groups excluding carboxylic acids is 1. The number of hydrogen-bond acceptors (Lipinski definition) is 5. The highest BCUT2D eigenvalue weighted by atomic mass is 32.1. The van der Waals surface area contributed by atoms with Crippen molar-refractivity contribution < 1.29 is 14.3 Å². The summed E-state index contributed by atoms with van der Waals surface area (Å²) in [7, 11) is 1.62. The maximum Gasteiger partial charge on any atom is 0.226 e. The quantitative estimate of drug-likeness (QED) is 0.535. The summed E-state index contributed by atoms with van der Waals surface area (Å²) in [5.41, 5.74) is 1.61. The number of H-pyrrole nitrogens is 1. The second kappa shape index (κ2) is 9.38. The van der Waals surface area contributed by atoms with E-state index >= 15 is 0 Å². The molecule has 0 saturated heterocycles. The van der Waals surface area contributed by atoms with E-state index in [-0.39, 0.29) is 18.4 Å². The average Bonchev–Trinajstić information content (AvgIpc) is 3.08. The average molecular weight is 413 g/mol. The van der Waals surface area contributed by atoms with E-state index in [9.17, 15) is 4.79 Å². The van der Waals surface area contributed by atoms with Gasteiger partial charge in [-0.1, -0.05) is 0 Å². The first kappa shape index (κ1) is 20.6. The van der Waals surface area contributed by atoms with Gasteiger partial charge in [-0.05, 0) is 74.6 Å². The molecule has 7 nitrogen and oxygen atoms in total. The molecular formula is C21H24N4O3S. The molecule has 0 aliphatic rings. The van der Waals surface area contributed by atoms with E-state index in [1.54, 1.807) is 7.11 Å². The molecule has 3 aromatic rings. The molecule has 0 atom stereocenters. The van der Waals surface area contributed by atoms with Gasteiger partial charge in [-0.25, -0.2) is 0 Å². The second-order valence-electron chi connectivity index (χ2n) is 6.72. The van der Waals surface area contributed by atoms with E-state index in [4.69, 9.17) is 21.7 Å². The summed E-state index contributed by atoms with van der Waals surface area (Å²) in [6.07, 6.45) is 0.372. The Balaban J connectivity index is 1.63. The summed E-state index contributed by atoms with van der Waals surface area (Å²) in [5.74, 6) is 2.11. The van der Waals surface area contributed by atoms with Crippen LogP contribution in [0.2, 0.25) is 0 Å². The van der Waals surface area contributed by atoms with Gasteiger partial charge in [-0.15, -0.1) is 0 Å². The van der Waals surface area contributed by atoms with E-state index in [2.05, 4.69) is 15.5 Å². The highest BCUT2D eigenvalue weighted by molar-refractivity contribution is 7.71. The summed E-state index contributed by atoms with van der Waals surface area (Å²) in [6, 6.07) is 14.8. The van der Waals surface area contributed by atoms with Crippen molar-refractivity contribution in [3.05, 3.63) is 53.3 Å². The minimum atomic E-state index is -0.105. The molecule has 0 aliphatic heterocycles. The maximum absolute atomic E-state index is 12.4. The Kier molecular flexibility index (Phi) is 6.66. The maximum atomic E-state index is 12.4. The van der Waals surface area contributed by atoms with Crippen LogP contribution in [0.4, 0.5) is 5.69 Å². The van der Waals surface area contributed by atoms with Crippen molar-refractivity contribution in [3.63, 3.8) is 0 Å². The molecule has 1 amide bonds. The van der Waals surface area contributed by atoms with Crippen LogP contribution in [0.25, 0.3) is 11.4 Å². The zero-order valence-electron chi connectivity index (χ0n) is 16.6. The number of methoxy groups -OCH3 is 1. The molecule has 29 heavy (non-hydrogen) atoms. The Labute approximate surface area is 174 Å². The number of aromatic amines is 1. The number of benzene rings is 2. The molecule has 8 heteroatoms. The predicted molar refractivity (Wildman–Crippen MR) is 115 cm³/mol. The van der Waals surface area contributed by atoms with Gasteiger partial charge in [-0.2, -0.15) is 5.10 Å². The van der Waals surface area contributed by atoms with Crippen LogP contribution in [0.15, 0.2) is 48.5 Å². The summed E-state index contributed by atoms with van der Waals surface area (Å²) in [6.45, 7) is 4.35. The number of hydrogen-bond donors (Lipinski definition) is 2. The van der Waals surface area contributed by atoms with Crippen LogP contribution in [0.5, 0.6) is 11.5 Å². The van der Waals surface area contributed by atoms with Crippen molar-refractivity contribution in [2.75, 3.05) is 12.4 Å². The molecule has 0 unspecified atom stereocenters. The molecular weight excluding hydrogens is 388 g/mol.